The first-order valence-corrected chi connectivity index (χ1v) is 9.44. The van der Waals surface area contributed by atoms with E-state index in [1.807, 2.05) is 14.0 Å². The molecule has 2 N–H and O–H groups in total. The van der Waals surface area contributed by atoms with E-state index in [2.05, 4.69) is 10.0 Å². The summed E-state index contributed by atoms with van der Waals surface area (Å²) >= 11 is 0. The maximum atomic E-state index is 12.7. The SMILES string of the molecule is CCNS(=O)(=O)c1ccc(C)c(C(=O)N2CCC(NC)CC2)c1. The Balaban J connectivity index is 2.24. The van der Waals surface area contributed by atoms with Crippen LogP contribution in [-0.2, 0) is 10.0 Å². The van der Waals surface area contributed by atoms with Crippen molar-refractivity contribution in [3.05, 3.63) is 29.3 Å². The Morgan fingerprint density at radius 2 is 1.96 bits per heavy atom. The summed E-state index contributed by atoms with van der Waals surface area (Å²) in [4.78, 5) is 14.7. The molecular weight excluding hydrogens is 314 g/mol. The third-order valence-corrected chi connectivity index (χ3v) is 5.82. The lowest BCUT2D eigenvalue weighted by Crippen LogP contribution is -2.44. The molecule has 128 valence electrons. The Kier molecular flexibility index (Phi) is 5.78. The molecule has 0 bridgehead atoms. The first kappa shape index (κ1) is 17.9. The van der Waals surface area contributed by atoms with Crippen molar-refractivity contribution in [1.82, 2.24) is 14.9 Å². The Labute approximate surface area is 138 Å². The van der Waals surface area contributed by atoms with Crippen molar-refractivity contribution in [2.75, 3.05) is 26.7 Å². The Morgan fingerprint density at radius 3 is 2.52 bits per heavy atom. The van der Waals surface area contributed by atoms with Crippen LogP contribution in [0.4, 0.5) is 0 Å². The first-order chi connectivity index (χ1) is 10.9. The van der Waals surface area contributed by atoms with Crippen molar-refractivity contribution < 1.29 is 13.2 Å². The average molecular weight is 339 g/mol. The van der Waals surface area contributed by atoms with Gasteiger partial charge in [0.2, 0.25) is 10.0 Å². The molecule has 1 fully saturated rings. The zero-order valence-corrected chi connectivity index (χ0v) is 14.7. The van der Waals surface area contributed by atoms with Crippen LogP contribution < -0.4 is 10.0 Å². The Morgan fingerprint density at radius 1 is 1.30 bits per heavy atom. The molecule has 0 aliphatic carbocycles. The number of hydrogen-bond donors (Lipinski definition) is 2. The predicted octanol–water partition coefficient (Wildman–Crippen LogP) is 1.12. The quantitative estimate of drug-likeness (QED) is 0.842. The third-order valence-electron chi connectivity index (χ3n) is 4.27. The van der Waals surface area contributed by atoms with Gasteiger partial charge in [-0.2, -0.15) is 0 Å². The lowest BCUT2D eigenvalue weighted by Gasteiger charge is -2.32. The van der Waals surface area contributed by atoms with E-state index in [4.69, 9.17) is 0 Å². The second-order valence-corrected chi connectivity index (χ2v) is 7.60. The summed E-state index contributed by atoms with van der Waals surface area (Å²) in [6.07, 6.45) is 1.83. The summed E-state index contributed by atoms with van der Waals surface area (Å²) in [5, 5.41) is 3.23. The highest BCUT2D eigenvalue weighted by Crippen LogP contribution is 2.20. The number of rotatable bonds is 5. The normalized spacial score (nSPS) is 16.6. The van der Waals surface area contributed by atoms with E-state index < -0.39 is 10.0 Å². The van der Waals surface area contributed by atoms with Crippen molar-refractivity contribution in [1.29, 1.82) is 0 Å². The van der Waals surface area contributed by atoms with Gasteiger partial charge < -0.3 is 10.2 Å². The van der Waals surface area contributed by atoms with Crippen molar-refractivity contribution in [3.63, 3.8) is 0 Å². The number of aryl methyl sites for hydroxylation is 1. The smallest absolute Gasteiger partial charge is 0.254 e. The van der Waals surface area contributed by atoms with Gasteiger partial charge >= 0.3 is 0 Å². The molecule has 0 aromatic heterocycles. The van der Waals surface area contributed by atoms with Crippen LogP contribution in [0.2, 0.25) is 0 Å². The molecular formula is C16H25N3O3S. The number of amides is 1. The lowest BCUT2D eigenvalue weighted by molar-refractivity contribution is 0.0706. The average Bonchev–Trinajstić information content (AvgIpc) is 2.54. The van der Waals surface area contributed by atoms with E-state index in [1.54, 1.807) is 17.9 Å². The number of sulfonamides is 1. The molecule has 1 saturated heterocycles. The molecule has 1 aliphatic rings. The van der Waals surface area contributed by atoms with Crippen molar-refractivity contribution >= 4 is 15.9 Å². The minimum absolute atomic E-state index is 0.0920. The van der Waals surface area contributed by atoms with E-state index in [0.29, 0.717) is 31.2 Å². The molecule has 0 radical (unpaired) electrons. The van der Waals surface area contributed by atoms with Gasteiger partial charge in [0.15, 0.2) is 0 Å². The maximum absolute atomic E-state index is 12.7. The van der Waals surface area contributed by atoms with Crippen molar-refractivity contribution in [3.8, 4) is 0 Å². The van der Waals surface area contributed by atoms with Crippen LogP contribution in [0, 0.1) is 6.92 Å². The van der Waals surface area contributed by atoms with Crippen LogP contribution in [0.3, 0.4) is 0 Å². The lowest BCUT2D eigenvalue weighted by atomic mass is 10.0. The number of hydrogen-bond acceptors (Lipinski definition) is 4. The summed E-state index contributed by atoms with van der Waals surface area (Å²) in [5.41, 5.74) is 1.26. The second kappa shape index (κ2) is 7.42. The van der Waals surface area contributed by atoms with Gasteiger partial charge in [-0.05, 0) is 44.5 Å². The van der Waals surface area contributed by atoms with Gasteiger partial charge in [-0.25, -0.2) is 13.1 Å². The van der Waals surface area contributed by atoms with Gasteiger partial charge in [-0.1, -0.05) is 13.0 Å². The van der Waals surface area contributed by atoms with Crippen LogP contribution in [-0.4, -0.2) is 51.9 Å². The monoisotopic (exact) mass is 339 g/mol. The number of piperidine rings is 1. The molecule has 1 heterocycles. The summed E-state index contributed by atoms with van der Waals surface area (Å²) in [6.45, 7) is 5.25. The Bertz CT molecular complexity index is 665. The van der Waals surface area contributed by atoms with Gasteiger partial charge in [-0.15, -0.1) is 0 Å². The number of carbonyl (C=O) groups excluding carboxylic acids is 1. The van der Waals surface area contributed by atoms with E-state index in [-0.39, 0.29) is 10.8 Å². The minimum Gasteiger partial charge on any atom is -0.339 e. The summed E-state index contributed by atoms with van der Waals surface area (Å²) in [5.74, 6) is -0.0920. The van der Waals surface area contributed by atoms with E-state index in [1.165, 1.54) is 12.1 Å². The molecule has 0 saturated carbocycles. The highest BCUT2D eigenvalue weighted by Gasteiger charge is 2.25. The number of carbonyl (C=O) groups is 1. The molecule has 6 nitrogen and oxygen atoms in total. The van der Waals surface area contributed by atoms with Gasteiger partial charge in [0.05, 0.1) is 4.90 Å². The second-order valence-electron chi connectivity index (χ2n) is 5.83. The zero-order valence-electron chi connectivity index (χ0n) is 13.9. The number of likely N-dealkylation sites (tertiary alicyclic amines) is 1. The molecule has 7 heteroatoms. The van der Waals surface area contributed by atoms with E-state index in [9.17, 15) is 13.2 Å². The van der Waals surface area contributed by atoms with Gasteiger partial charge in [-0.3, -0.25) is 4.79 Å². The minimum atomic E-state index is -3.56. The Hall–Kier alpha value is -1.44. The molecule has 1 amide bonds. The molecule has 0 spiro atoms. The van der Waals surface area contributed by atoms with Crippen LogP contribution >= 0.6 is 0 Å². The number of benzene rings is 1. The summed E-state index contributed by atoms with van der Waals surface area (Å²) in [6, 6.07) is 5.16. The molecule has 0 unspecified atom stereocenters. The molecule has 1 aliphatic heterocycles. The fraction of sp³-hybridized carbons (Fsp3) is 0.562. The fourth-order valence-electron chi connectivity index (χ4n) is 2.81. The topological polar surface area (TPSA) is 78.5 Å². The first-order valence-electron chi connectivity index (χ1n) is 7.96. The molecule has 2 rings (SSSR count). The summed E-state index contributed by atoms with van der Waals surface area (Å²) < 4.78 is 26.7. The maximum Gasteiger partial charge on any atom is 0.254 e. The van der Waals surface area contributed by atoms with Gasteiger partial charge in [0, 0.05) is 31.2 Å². The number of nitrogens with zero attached hydrogens (tertiary/aromatic N) is 1. The van der Waals surface area contributed by atoms with Crippen LogP contribution in [0.1, 0.15) is 35.7 Å². The standard InChI is InChI=1S/C16H25N3O3S/c1-4-18-23(21,22)14-6-5-12(2)15(11-14)16(20)19-9-7-13(17-3)8-10-19/h5-6,11,13,17-18H,4,7-10H2,1-3H3. The largest absolute Gasteiger partial charge is 0.339 e. The summed E-state index contributed by atoms with van der Waals surface area (Å²) in [7, 11) is -1.63. The third kappa shape index (κ3) is 4.10. The van der Waals surface area contributed by atoms with Crippen LogP contribution in [0.25, 0.3) is 0 Å². The fourth-order valence-corrected chi connectivity index (χ4v) is 3.88. The molecule has 1 aromatic rings. The zero-order chi connectivity index (χ0) is 17.0. The highest BCUT2D eigenvalue weighted by molar-refractivity contribution is 7.89. The highest BCUT2D eigenvalue weighted by atomic mass is 32.2. The van der Waals surface area contributed by atoms with Crippen LogP contribution in [0.15, 0.2) is 23.1 Å². The predicted molar refractivity (Wildman–Crippen MR) is 90.0 cm³/mol. The number of nitrogens with one attached hydrogen (secondary N) is 2. The molecule has 23 heavy (non-hydrogen) atoms. The van der Waals surface area contributed by atoms with E-state index >= 15 is 0 Å². The van der Waals surface area contributed by atoms with Crippen molar-refractivity contribution in [2.45, 2.75) is 37.6 Å². The molecule has 0 atom stereocenters. The van der Waals surface area contributed by atoms with Crippen LogP contribution in [0.5, 0.6) is 0 Å². The van der Waals surface area contributed by atoms with E-state index in [0.717, 1.165) is 18.4 Å². The van der Waals surface area contributed by atoms with Gasteiger partial charge in [0.1, 0.15) is 0 Å². The van der Waals surface area contributed by atoms with Gasteiger partial charge in [0.25, 0.3) is 5.91 Å². The molecule has 1 aromatic carbocycles. The van der Waals surface area contributed by atoms with Crippen molar-refractivity contribution in [2.24, 2.45) is 0 Å².